The zero-order valence-electron chi connectivity index (χ0n) is 9.84. The third-order valence-corrected chi connectivity index (χ3v) is 4.13. The molecule has 78 valence electrons. The molecule has 0 aromatic rings. The summed E-state index contributed by atoms with van der Waals surface area (Å²) < 4.78 is 0. The van der Waals surface area contributed by atoms with Crippen LogP contribution in [0.5, 0.6) is 0 Å². The summed E-state index contributed by atoms with van der Waals surface area (Å²) in [5.41, 5.74) is 0. The molecule has 1 fully saturated rings. The van der Waals surface area contributed by atoms with Crippen LogP contribution >= 0.6 is 0 Å². The lowest BCUT2D eigenvalue weighted by Crippen LogP contribution is -2.16. The maximum atomic E-state index is 2.45. The van der Waals surface area contributed by atoms with E-state index >= 15 is 0 Å². The van der Waals surface area contributed by atoms with Gasteiger partial charge in [0.15, 0.2) is 0 Å². The second kappa shape index (κ2) is 5.02. The first-order chi connectivity index (χ1) is 6.11. The largest absolute Gasteiger partial charge is 0.0625 e. The molecule has 0 radical (unpaired) electrons. The predicted octanol–water partition coefficient (Wildman–Crippen LogP) is 4.49. The Kier molecular flexibility index (Phi) is 4.28. The first-order valence-electron chi connectivity index (χ1n) is 6.11. The fourth-order valence-corrected chi connectivity index (χ4v) is 2.64. The van der Waals surface area contributed by atoms with Crippen LogP contribution in [0.4, 0.5) is 0 Å². The maximum absolute atomic E-state index is 2.45. The molecule has 0 heteroatoms. The standard InChI is InChI=1S/C13H26/c1-10(2)12(4)11(3)9-13-7-5-6-8-13/h10-13H,5-9H2,1-4H3. The van der Waals surface area contributed by atoms with Gasteiger partial charge in [-0.3, -0.25) is 0 Å². The summed E-state index contributed by atoms with van der Waals surface area (Å²) in [5.74, 6) is 3.76. The van der Waals surface area contributed by atoms with E-state index in [1.807, 2.05) is 0 Å². The molecule has 2 unspecified atom stereocenters. The van der Waals surface area contributed by atoms with Crippen LogP contribution in [0.1, 0.15) is 59.8 Å². The molecule has 0 saturated heterocycles. The number of rotatable bonds is 4. The van der Waals surface area contributed by atoms with Crippen LogP contribution in [0.25, 0.3) is 0 Å². The van der Waals surface area contributed by atoms with Gasteiger partial charge in [-0.1, -0.05) is 53.4 Å². The van der Waals surface area contributed by atoms with Crippen molar-refractivity contribution in [2.24, 2.45) is 23.7 Å². The molecule has 0 nitrogen and oxygen atoms in total. The Morgan fingerprint density at radius 1 is 1.00 bits per heavy atom. The normalized spacial score (nSPS) is 23.8. The molecule has 0 bridgehead atoms. The van der Waals surface area contributed by atoms with Crippen molar-refractivity contribution >= 4 is 0 Å². The average Bonchev–Trinajstić information content (AvgIpc) is 2.55. The van der Waals surface area contributed by atoms with Crippen LogP contribution in [0, 0.1) is 23.7 Å². The van der Waals surface area contributed by atoms with Crippen molar-refractivity contribution in [3.8, 4) is 0 Å². The Morgan fingerprint density at radius 2 is 1.54 bits per heavy atom. The molecule has 0 N–H and O–H groups in total. The van der Waals surface area contributed by atoms with E-state index in [-0.39, 0.29) is 0 Å². The first kappa shape index (κ1) is 11.1. The zero-order valence-corrected chi connectivity index (χ0v) is 9.84. The van der Waals surface area contributed by atoms with Crippen LogP contribution in [0.3, 0.4) is 0 Å². The topological polar surface area (TPSA) is 0 Å². The Balaban J connectivity index is 2.26. The Hall–Kier alpha value is 0. The van der Waals surface area contributed by atoms with Gasteiger partial charge in [0.25, 0.3) is 0 Å². The van der Waals surface area contributed by atoms with Gasteiger partial charge in [0.2, 0.25) is 0 Å². The van der Waals surface area contributed by atoms with Crippen LogP contribution in [0.2, 0.25) is 0 Å². The molecule has 13 heavy (non-hydrogen) atoms. The molecular formula is C13H26. The lowest BCUT2D eigenvalue weighted by molar-refractivity contribution is 0.248. The van der Waals surface area contributed by atoms with Crippen molar-refractivity contribution in [1.29, 1.82) is 0 Å². The minimum absolute atomic E-state index is 0.858. The van der Waals surface area contributed by atoms with Gasteiger partial charge in [0.05, 0.1) is 0 Å². The lowest BCUT2D eigenvalue weighted by Gasteiger charge is -2.25. The summed E-state index contributed by atoms with van der Waals surface area (Å²) in [7, 11) is 0. The van der Waals surface area contributed by atoms with Crippen molar-refractivity contribution in [3.05, 3.63) is 0 Å². The highest BCUT2D eigenvalue weighted by Crippen LogP contribution is 2.34. The molecule has 1 aliphatic rings. The second-order valence-corrected chi connectivity index (χ2v) is 5.47. The maximum Gasteiger partial charge on any atom is -0.0394 e. The minimum Gasteiger partial charge on any atom is -0.0625 e. The molecule has 1 rings (SSSR count). The van der Waals surface area contributed by atoms with Gasteiger partial charge < -0.3 is 0 Å². The molecular weight excluding hydrogens is 156 g/mol. The lowest BCUT2D eigenvalue weighted by atomic mass is 9.80. The number of hydrogen-bond donors (Lipinski definition) is 0. The SMILES string of the molecule is CC(C)C(C)C(C)CC1CCCC1. The Bertz CT molecular complexity index is 131. The van der Waals surface area contributed by atoms with Crippen molar-refractivity contribution in [3.63, 3.8) is 0 Å². The monoisotopic (exact) mass is 182 g/mol. The van der Waals surface area contributed by atoms with Gasteiger partial charge in [0.1, 0.15) is 0 Å². The zero-order chi connectivity index (χ0) is 9.84. The van der Waals surface area contributed by atoms with Crippen molar-refractivity contribution in [1.82, 2.24) is 0 Å². The highest BCUT2D eigenvalue weighted by molar-refractivity contribution is 4.73. The van der Waals surface area contributed by atoms with Crippen molar-refractivity contribution in [2.75, 3.05) is 0 Å². The van der Waals surface area contributed by atoms with Crippen molar-refractivity contribution in [2.45, 2.75) is 59.8 Å². The molecule has 0 aromatic carbocycles. The van der Waals surface area contributed by atoms with Gasteiger partial charge in [-0.25, -0.2) is 0 Å². The van der Waals surface area contributed by atoms with Crippen LogP contribution in [0.15, 0.2) is 0 Å². The molecule has 1 saturated carbocycles. The van der Waals surface area contributed by atoms with E-state index in [1.54, 1.807) is 0 Å². The van der Waals surface area contributed by atoms with Gasteiger partial charge in [-0.15, -0.1) is 0 Å². The summed E-state index contributed by atoms with van der Waals surface area (Å²) in [6, 6.07) is 0. The fraction of sp³-hybridized carbons (Fsp3) is 1.00. The summed E-state index contributed by atoms with van der Waals surface area (Å²) in [5, 5.41) is 0. The van der Waals surface area contributed by atoms with E-state index in [0.717, 1.165) is 23.7 Å². The Morgan fingerprint density at radius 3 is 2.00 bits per heavy atom. The van der Waals surface area contributed by atoms with Crippen LogP contribution < -0.4 is 0 Å². The highest BCUT2D eigenvalue weighted by Gasteiger charge is 2.22. The van der Waals surface area contributed by atoms with Gasteiger partial charge in [-0.05, 0) is 30.1 Å². The third kappa shape index (κ3) is 3.32. The van der Waals surface area contributed by atoms with Gasteiger partial charge >= 0.3 is 0 Å². The van der Waals surface area contributed by atoms with Gasteiger partial charge in [-0.2, -0.15) is 0 Å². The minimum atomic E-state index is 0.858. The molecule has 1 aliphatic carbocycles. The summed E-state index contributed by atoms with van der Waals surface area (Å²) >= 11 is 0. The third-order valence-electron chi connectivity index (χ3n) is 4.13. The molecule has 0 spiro atoms. The van der Waals surface area contributed by atoms with E-state index in [0.29, 0.717) is 0 Å². The van der Waals surface area contributed by atoms with E-state index in [2.05, 4.69) is 27.7 Å². The quantitative estimate of drug-likeness (QED) is 0.600. The fourth-order valence-electron chi connectivity index (χ4n) is 2.64. The smallest absolute Gasteiger partial charge is 0.0394 e. The summed E-state index contributed by atoms with van der Waals surface area (Å²) in [4.78, 5) is 0. The average molecular weight is 182 g/mol. The first-order valence-corrected chi connectivity index (χ1v) is 6.11. The highest BCUT2D eigenvalue weighted by atomic mass is 14.3. The molecule has 0 heterocycles. The van der Waals surface area contributed by atoms with Gasteiger partial charge in [0, 0.05) is 0 Å². The van der Waals surface area contributed by atoms with Crippen LogP contribution in [-0.4, -0.2) is 0 Å². The van der Waals surface area contributed by atoms with Crippen molar-refractivity contribution < 1.29 is 0 Å². The second-order valence-electron chi connectivity index (χ2n) is 5.47. The number of hydrogen-bond acceptors (Lipinski definition) is 0. The molecule has 0 amide bonds. The molecule has 0 aromatic heterocycles. The molecule has 0 aliphatic heterocycles. The summed E-state index contributed by atoms with van der Waals surface area (Å²) in [6.45, 7) is 9.58. The molecule has 2 atom stereocenters. The van der Waals surface area contributed by atoms with E-state index < -0.39 is 0 Å². The van der Waals surface area contributed by atoms with Crippen LogP contribution in [-0.2, 0) is 0 Å². The predicted molar refractivity (Wildman–Crippen MR) is 59.7 cm³/mol. The Labute approximate surface area is 84.1 Å². The van der Waals surface area contributed by atoms with E-state index in [9.17, 15) is 0 Å². The van der Waals surface area contributed by atoms with E-state index in [1.165, 1.54) is 32.1 Å². The van der Waals surface area contributed by atoms with E-state index in [4.69, 9.17) is 0 Å². The summed E-state index contributed by atoms with van der Waals surface area (Å²) in [6.07, 6.45) is 7.49.